The van der Waals surface area contributed by atoms with Crippen molar-refractivity contribution in [1.29, 1.82) is 0 Å². The van der Waals surface area contributed by atoms with Gasteiger partial charge in [0, 0.05) is 5.75 Å². The molecule has 1 atom stereocenters. The van der Waals surface area contributed by atoms with Gasteiger partial charge >= 0.3 is 0 Å². The lowest BCUT2D eigenvalue weighted by Gasteiger charge is -2.04. The highest BCUT2D eigenvalue weighted by molar-refractivity contribution is 8.14. The van der Waals surface area contributed by atoms with Crippen LogP contribution in [0.4, 0.5) is 0 Å². The predicted molar refractivity (Wildman–Crippen MR) is 88.1 cm³/mol. The van der Waals surface area contributed by atoms with Crippen molar-refractivity contribution < 1.29 is 0 Å². The van der Waals surface area contributed by atoms with Crippen molar-refractivity contribution in [2.24, 2.45) is 4.99 Å². The summed E-state index contributed by atoms with van der Waals surface area (Å²) in [5.74, 6) is 0.980. The second kappa shape index (κ2) is 5.81. The Morgan fingerprint density at radius 1 is 1.09 bits per heavy atom. The number of rotatable bonds is 3. The van der Waals surface area contributed by atoms with Gasteiger partial charge in [-0.2, -0.15) is 0 Å². The number of thioether (sulfide) groups is 1. The molecule has 0 aliphatic carbocycles. The van der Waals surface area contributed by atoms with Crippen molar-refractivity contribution >= 4 is 28.0 Å². The van der Waals surface area contributed by atoms with E-state index in [9.17, 15) is 0 Å². The fourth-order valence-corrected chi connectivity index (χ4v) is 3.43. The molecule has 3 aromatic rings. The third-order valence-electron chi connectivity index (χ3n) is 3.47. The molecule has 0 amide bonds. The highest BCUT2D eigenvalue weighted by atomic mass is 32.2. The fourth-order valence-electron chi connectivity index (χ4n) is 2.42. The summed E-state index contributed by atoms with van der Waals surface area (Å²) >= 11 is 1.74. The Morgan fingerprint density at radius 2 is 2.00 bits per heavy atom. The summed E-state index contributed by atoms with van der Waals surface area (Å²) in [4.78, 5) is 21.8. The number of fused-ring (bicyclic) bond motifs is 1. The van der Waals surface area contributed by atoms with E-state index in [2.05, 4.69) is 44.2 Å². The summed E-state index contributed by atoms with van der Waals surface area (Å²) in [7, 11) is 0. The van der Waals surface area contributed by atoms with E-state index >= 15 is 0 Å². The molecule has 0 saturated heterocycles. The van der Waals surface area contributed by atoms with Gasteiger partial charge in [-0.1, -0.05) is 30.3 Å². The average Bonchev–Trinajstić information content (AvgIpc) is 3.04. The van der Waals surface area contributed by atoms with Crippen LogP contribution in [-0.2, 0) is 6.42 Å². The highest BCUT2D eigenvalue weighted by Crippen LogP contribution is 2.24. The van der Waals surface area contributed by atoms with E-state index in [1.165, 1.54) is 11.9 Å². The molecule has 0 radical (unpaired) electrons. The Bertz CT molecular complexity index is 834. The number of hydrogen-bond acceptors (Lipinski definition) is 6. The maximum Gasteiger partial charge on any atom is 0.181 e. The monoisotopic (exact) mass is 307 g/mol. The van der Waals surface area contributed by atoms with E-state index in [4.69, 9.17) is 4.99 Å². The van der Waals surface area contributed by atoms with E-state index in [1.54, 1.807) is 24.2 Å². The van der Waals surface area contributed by atoms with E-state index in [-0.39, 0.29) is 0 Å². The normalized spacial score (nSPS) is 17.6. The van der Waals surface area contributed by atoms with Gasteiger partial charge in [0.05, 0.1) is 18.4 Å². The topological polar surface area (TPSA) is 63.9 Å². The van der Waals surface area contributed by atoms with Crippen molar-refractivity contribution in [3.8, 4) is 0 Å². The lowest BCUT2D eigenvalue weighted by molar-refractivity contribution is 0.762. The molecule has 0 fully saturated rings. The zero-order valence-corrected chi connectivity index (χ0v) is 12.6. The van der Waals surface area contributed by atoms with Gasteiger partial charge in [-0.25, -0.2) is 19.9 Å². The Morgan fingerprint density at radius 3 is 2.91 bits per heavy atom. The first-order valence-electron chi connectivity index (χ1n) is 7.06. The minimum absolute atomic E-state index is 0.297. The van der Waals surface area contributed by atoms with Crippen molar-refractivity contribution in [2.45, 2.75) is 12.5 Å². The quantitative estimate of drug-likeness (QED) is 0.744. The molecule has 1 aromatic carbocycles. The van der Waals surface area contributed by atoms with Gasteiger partial charge in [0.15, 0.2) is 5.65 Å². The molecule has 1 aliphatic rings. The third-order valence-corrected chi connectivity index (χ3v) is 4.61. The van der Waals surface area contributed by atoms with Crippen molar-refractivity contribution in [3.63, 3.8) is 0 Å². The number of nitrogens with zero attached hydrogens (tertiary/aromatic N) is 5. The van der Waals surface area contributed by atoms with Gasteiger partial charge in [0.25, 0.3) is 0 Å². The number of aliphatic imine (C=N–C) groups is 1. The smallest absolute Gasteiger partial charge is 0.181 e. The first-order chi connectivity index (χ1) is 10.9. The molecule has 1 unspecified atom stereocenters. The summed E-state index contributed by atoms with van der Waals surface area (Å²) in [5.41, 5.74) is 3.43. The van der Waals surface area contributed by atoms with E-state index in [0.29, 0.717) is 17.2 Å². The molecule has 6 heteroatoms. The molecular weight excluding hydrogens is 294 g/mol. The third kappa shape index (κ3) is 2.69. The molecule has 22 heavy (non-hydrogen) atoms. The van der Waals surface area contributed by atoms with Crippen LogP contribution in [0.15, 0.2) is 54.0 Å². The van der Waals surface area contributed by atoms with Gasteiger partial charge in [-0.05, 0) is 12.0 Å². The average molecular weight is 307 g/mol. The second-order valence-corrected chi connectivity index (χ2v) is 6.08. The molecule has 5 nitrogen and oxygen atoms in total. The molecule has 0 bridgehead atoms. The Labute approximate surface area is 132 Å². The zero-order chi connectivity index (χ0) is 14.8. The Hall–Kier alpha value is -2.34. The van der Waals surface area contributed by atoms with Crippen LogP contribution in [0, 0.1) is 0 Å². The number of benzene rings is 1. The standard InChI is InChI=1S/C16H13N5S/c1-2-4-11(5-3-1)6-12-9-22-16(20-12)14-8-18-13-7-17-10-19-15(13)21-14/h1-5,7-8,10,12H,6,9H2. The SMILES string of the molecule is c1ccc(CC2CSC(c3cnc4cncnc4n3)=N2)cc1. The molecular formula is C16H13N5S. The molecule has 3 heterocycles. The van der Waals surface area contributed by atoms with Gasteiger partial charge in [0.1, 0.15) is 22.6 Å². The molecule has 1 aliphatic heterocycles. The molecule has 2 aromatic heterocycles. The molecule has 0 saturated carbocycles. The van der Waals surface area contributed by atoms with Crippen molar-refractivity contribution in [3.05, 3.63) is 60.3 Å². The van der Waals surface area contributed by atoms with Crippen LogP contribution in [-0.4, -0.2) is 36.8 Å². The van der Waals surface area contributed by atoms with E-state index in [0.717, 1.165) is 22.9 Å². The molecule has 4 rings (SSSR count). The lowest BCUT2D eigenvalue weighted by atomic mass is 10.1. The first-order valence-corrected chi connectivity index (χ1v) is 8.05. The first kappa shape index (κ1) is 13.3. The molecule has 108 valence electrons. The lowest BCUT2D eigenvalue weighted by Crippen LogP contribution is -2.07. The maximum atomic E-state index is 4.79. The summed E-state index contributed by atoms with van der Waals surface area (Å²) < 4.78 is 0. The van der Waals surface area contributed by atoms with Crippen molar-refractivity contribution in [2.75, 3.05) is 5.75 Å². The number of hydrogen-bond donors (Lipinski definition) is 0. The fraction of sp³-hybridized carbons (Fsp3) is 0.188. The second-order valence-electron chi connectivity index (χ2n) is 5.08. The van der Waals surface area contributed by atoms with Gasteiger partial charge in [-0.3, -0.25) is 4.99 Å². The summed E-state index contributed by atoms with van der Waals surface area (Å²) in [6, 6.07) is 10.8. The minimum atomic E-state index is 0.297. The summed E-state index contributed by atoms with van der Waals surface area (Å²) in [5, 5.41) is 0.953. The van der Waals surface area contributed by atoms with Crippen LogP contribution in [0.5, 0.6) is 0 Å². The van der Waals surface area contributed by atoms with E-state index in [1.807, 2.05) is 6.07 Å². The van der Waals surface area contributed by atoms with Crippen LogP contribution in [0.2, 0.25) is 0 Å². The van der Waals surface area contributed by atoms with Crippen LogP contribution < -0.4 is 0 Å². The van der Waals surface area contributed by atoms with Gasteiger partial charge < -0.3 is 0 Å². The van der Waals surface area contributed by atoms with Crippen LogP contribution in [0.1, 0.15) is 11.3 Å². The zero-order valence-electron chi connectivity index (χ0n) is 11.8. The van der Waals surface area contributed by atoms with E-state index < -0.39 is 0 Å². The van der Waals surface area contributed by atoms with Crippen LogP contribution in [0.25, 0.3) is 11.2 Å². The van der Waals surface area contributed by atoms with Gasteiger partial charge in [0.2, 0.25) is 0 Å². The van der Waals surface area contributed by atoms with Crippen LogP contribution >= 0.6 is 11.8 Å². The number of aromatic nitrogens is 4. The summed E-state index contributed by atoms with van der Waals surface area (Å²) in [6.45, 7) is 0. The highest BCUT2D eigenvalue weighted by Gasteiger charge is 2.21. The molecule has 0 spiro atoms. The van der Waals surface area contributed by atoms with Crippen LogP contribution in [0.3, 0.4) is 0 Å². The van der Waals surface area contributed by atoms with Gasteiger partial charge in [-0.15, -0.1) is 11.8 Å². The predicted octanol–water partition coefficient (Wildman–Crippen LogP) is 2.52. The Balaban J connectivity index is 1.58. The van der Waals surface area contributed by atoms with Crippen molar-refractivity contribution in [1.82, 2.24) is 19.9 Å². The molecule has 0 N–H and O–H groups in total. The summed E-state index contributed by atoms with van der Waals surface area (Å²) in [6.07, 6.45) is 5.87. The Kier molecular flexibility index (Phi) is 3.52. The minimum Gasteiger partial charge on any atom is -0.272 e. The largest absolute Gasteiger partial charge is 0.272 e. The maximum absolute atomic E-state index is 4.79.